The zero-order chi connectivity index (χ0) is 21.8. The molecule has 0 bridgehead atoms. The zero-order valence-electron chi connectivity index (χ0n) is 17.2. The van der Waals surface area contributed by atoms with Gasteiger partial charge < -0.3 is 25.0 Å². The van der Waals surface area contributed by atoms with E-state index in [1.807, 2.05) is 18.7 Å². The quantitative estimate of drug-likeness (QED) is 0.559. The van der Waals surface area contributed by atoms with E-state index in [0.29, 0.717) is 48.5 Å². The molecule has 0 unspecified atom stereocenters. The minimum absolute atomic E-state index is 0.190. The van der Waals surface area contributed by atoms with Crippen molar-refractivity contribution in [2.24, 2.45) is 0 Å². The highest BCUT2D eigenvalue weighted by Gasteiger charge is 2.33. The van der Waals surface area contributed by atoms with Crippen LogP contribution in [0.2, 0.25) is 5.15 Å². The lowest BCUT2D eigenvalue weighted by Crippen LogP contribution is -2.55. The van der Waals surface area contributed by atoms with Gasteiger partial charge in [-0.15, -0.1) is 0 Å². The first-order chi connectivity index (χ1) is 14.3. The van der Waals surface area contributed by atoms with Gasteiger partial charge in [-0.05, 0) is 26.2 Å². The topological polar surface area (TPSA) is 120 Å². The van der Waals surface area contributed by atoms with Crippen molar-refractivity contribution in [1.82, 2.24) is 20.3 Å². The molecule has 9 nitrogen and oxygen atoms in total. The first-order valence-corrected chi connectivity index (χ1v) is 11.2. The van der Waals surface area contributed by atoms with Crippen LogP contribution in [0.15, 0.2) is 0 Å². The summed E-state index contributed by atoms with van der Waals surface area (Å²) in [6.45, 7) is 7.35. The number of nitrogens with one attached hydrogen (secondary N) is 2. The van der Waals surface area contributed by atoms with Crippen molar-refractivity contribution in [3.63, 3.8) is 0 Å². The summed E-state index contributed by atoms with van der Waals surface area (Å²) in [5.41, 5.74) is 1.23. The van der Waals surface area contributed by atoms with E-state index in [1.54, 1.807) is 6.92 Å². The number of aromatic amines is 1. The van der Waals surface area contributed by atoms with Gasteiger partial charge >= 0.3 is 5.97 Å². The molecule has 0 saturated carbocycles. The van der Waals surface area contributed by atoms with Crippen molar-refractivity contribution in [2.45, 2.75) is 52.2 Å². The summed E-state index contributed by atoms with van der Waals surface area (Å²) in [4.78, 5) is 37.8. The third-order valence-corrected chi connectivity index (χ3v) is 6.48. The van der Waals surface area contributed by atoms with E-state index in [9.17, 15) is 14.7 Å². The molecule has 2 atom stereocenters. The van der Waals surface area contributed by atoms with Crippen LogP contribution in [0.1, 0.15) is 58.4 Å². The normalized spacial score (nSPS) is 19.1. The molecule has 3 heterocycles. The highest BCUT2D eigenvalue weighted by molar-refractivity contribution is 7.17. The fourth-order valence-electron chi connectivity index (χ4n) is 3.38. The molecule has 11 heteroatoms. The number of amides is 1. The van der Waals surface area contributed by atoms with E-state index in [-0.39, 0.29) is 28.8 Å². The minimum Gasteiger partial charge on any atom is -0.477 e. The SMILES string of the molecule is CCCO[C@@H]1CN(c2nc(C)c(C(=O)O)s2)CC[C@@H]1NC(=O)c1nc(Cl)c(CC)[nH]1. The fourth-order valence-corrected chi connectivity index (χ4v) is 4.58. The summed E-state index contributed by atoms with van der Waals surface area (Å²) in [5, 5.41) is 13.3. The second kappa shape index (κ2) is 9.76. The molecule has 1 amide bonds. The Morgan fingerprint density at radius 2 is 2.17 bits per heavy atom. The van der Waals surface area contributed by atoms with Gasteiger partial charge in [0.25, 0.3) is 5.91 Å². The number of imidazole rings is 1. The fraction of sp³-hybridized carbons (Fsp3) is 0.579. The molecule has 0 aliphatic carbocycles. The van der Waals surface area contributed by atoms with Gasteiger partial charge in [0.1, 0.15) is 4.88 Å². The lowest BCUT2D eigenvalue weighted by Gasteiger charge is -2.38. The number of aryl methyl sites for hydroxylation is 2. The van der Waals surface area contributed by atoms with Crippen LogP contribution < -0.4 is 10.2 Å². The number of hydrogen-bond acceptors (Lipinski definition) is 7. The van der Waals surface area contributed by atoms with Crippen LogP contribution in [0.3, 0.4) is 0 Å². The van der Waals surface area contributed by atoms with Gasteiger partial charge in [0.05, 0.1) is 23.5 Å². The first-order valence-electron chi connectivity index (χ1n) is 9.96. The van der Waals surface area contributed by atoms with Gasteiger partial charge in [0.15, 0.2) is 16.1 Å². The first kappa shape index (κ1) is 22.5. The number of ether oxygens (including phenoxy) is 1. The number of carboxylic acid groups (broad SMARTS) is 1. The average molecular weight is 456 g/mol. The van der Waals surface area contributed by atoms with E-state index in [4.69, 9.17) is 16.3 Å². The molecule has 164 valence electrons. The molecule has 1 saturated heterocycles. The Bertz CT molecular complexity index is 915. The van der Waals surface area contributed by atoms with Crippen LogP contribution in [0.4, 0.5) is 5.13 Å². The summed E-state index contributed by atoms with van der Waals surface area (Å²) in [6.07, 6.45) is 1.89. The summed E-state index contributed by atoms with van der Waals surface area (Å²) in [5.74, 6) is -1.10. The van der Waals surface area contributed by atoms with Gasteiger partial charge in [0, 0.05) is 19.7 Å². The second-order valence-electron chi connectivity index (χ2n) is 7.15. The molecule has 2 aromatic rings. The van der Waals surface area contributed by atoms with Crippen LogP contribution >= 0.6 is 22.9 Å². The van der Waals surface area contributed by atoms with Gasteiger partial charge in [0.2, 0.25) is 0 Å². The lowest BCUT2D eigenvalue weighted by molar-refractivity contribution is 0.0204. The number of piperidine rings is 1. The molecule has 3 N–H and O–H groups in total. The van der Waals surface area contributed by atoms with Crippen LogP contribution in [0.25, 0.3) is 0 Å². The molecule has 0 aromatic carbocycles. The number of rotatable bonds is 8. The van der Waals surface area contributed by atoms with Crippen LogP contribution in [-0.2, 0) is 11.2 Å². The van der Waals surface area contributed by atoms with Gasteiger partial charge in [-0.2, -0.15) is 0 Å². The molecule has 2 aromatic heterocycles. The molecule has 3 rings (SSSR count). The Morgan fingerprint density at radius 1 is 1.40 bits per heavy atom. The van der Waals surface area contributed by atoms with Crippen molar-refractivity contribution < 1.29 is 19.4 Å². The van der Waals surface area contributed by atoms with Crippen molar-refractivity contribution in [3.8, 4) is 0 Å². The Labute approximate surface area is 183 Å². The summed E-state index contributed by atoms with van der Waals surface area (Å²) in [6, 6.07) is -0.200. The number of carbonyl (C=O) groups is 2. The number of halogens is 1. The van der Waals surface area contributed by atoms with E-state index >= 15 is 0 Å². The van der Waals surface area contributed by atoms with E-state index < -0.39 is 5.97 Å². The van der Waals surface area contributed by atoms with Gasteiger partial charge in [-0.1, -0.05) is 36.8 Å². The molecule has 0 spiro atoms. The van der Waals surface area contributed by atoms with Crippen molar-refractivity contribution in [2.75, 3.05) is 24.6 Å². The lowest BCUT2D eigenvalue weighted by atomic mass is 10.0. The van der Waals surface area contributed by atoms with Crippen LogP contribution in [0.5, 0.6) is 0 Å². The minimum atomic E-state index is -0.972. The maximum absolute atomic E-state index is 12.7. The Hall–Kier alpha value is -2.17. The van der Waals surface area contributed by atoms with Crippen LogP contribution in [-0.4, -0.2) is 63.8 Å². The Balaban J connectivity index is 1.72. The maximum atomic E-state index is 12.7. The van der Waals surface area contributed by atoms with Crippen LogP contribution in [0, 0.1) is 6.92 Å². The second-order valence-corrected chi connectivity index (χ2v) is 8.48. The van der Waals surface area contributed by atoms with E-state index in [0.717, 1.165) is 23.5 Å². The predicted molar refractivity (Wildman–Crippen MR) is 115 cm³/mol. The molecule has 1 aliphatic rings. The number of aromatic nitrogens is 3. The Morgan fingerprint density at radius 3 is 2.77 bits per heavy atom. The zero-order valence-corrected chi connectivity index (χ0v) is 18.8. The molecular formula is C19H26ClN5O4S. The van der Waals surface area contributed by atoms with Crippen molar-refractivity contribution in [3.05, 3.63) is 27.2 Å². The standard InChI is InChI=1S/C19H26ClN5O4S/c1-4-8-29-13-9-25(19-21-10(3)14(30-19)18(27)28)7-6-12(13)23-17(26)16-22-11(5-2)15(20)24-16/h12-13H,4-9H2,1-3H3,(H,22,24)(H,23,26)(H,27,28)/t12-,13+/m0/s1. The molecule has 0 radical (unpaired) electrons. The average Bonchev–Trinajstić information content (AvgIpc) is 3.29. The van der Waals surface area contributed by atoms with Gasteiger partial charge in [-0.25, -0.2) is 14.8 Å². The molecule has 1 fully saturated rings. The monoisotopic (exact) mass is 455 g/mol. The largest absolute Gasteiger partial charge is 0.477 e. The predicted octanol–water partition coefficient (Wildman–Crippen LogP) is 2.89. The number of hydrogen-bond donors (Lipinski definition) is 3. The highest BCUT2D eigenvalue weighted by Crippen LogP contribution is 2.29. The highest BCUT2D eigenvalue weighted by atomic mass is 35.5. The molecule has 30 heavy (non-hydrogen) atoms. The number of carbonyl (C=O) groups excluding carboxylic acids is 1. The third kappa shape index (κ3) is 4.93. The number of anilines is 1. The maximum Gasteiger partial charge on any atom is 0.347 e. The van der Waals surface area contributed by atoms with E-state index in [2.05, 4.69) is 20.3 Å². The number of carboxylic acids is 1. The summed E-state index contributed by atoms with van der Waals surface area (Å²) < 4.78 is 6.02. The molecule has 1 aliphatic heterocycles. The summed E-state index contributed by atoms with van der Waals surface area (Å²) in [7, 11) is 0. The number of thiazole rings is 1. The third-order valence-electron chi connectivity index (χ3n) is 4.96. The number of aromatic carboxylic acids is 1. The number of nitrogens with zero attached hydrogens (tertiary/aromatic N) is 3. The van der Waals surface area contributed by atoms with E-state index in [1.165, 1.54) is 0 Å². The van der Waals surface area contributed by atoms with Crippen molar-refractivity contribution >= 4 is 39.9 Å². The van der Waals surface area contributed by atoms with Crippen molar-refractivity contribution in [1.29, 1.82) is 0 Å². The summed E-state index contributed by atoms with van der Waals surface area (Å²) >= 11 is 7.21. The van der Waals surface area contributed by atoms with Gasteiger partial charge in [-0.3, -0.25) is 4.79 Å². The molecular weight excluding hydrogens is 430 g/mol. The smallest absolute Gasteiger partial charge is 0.347 e. The Kier molecular flexibility index (Phi) is 7.32. The number of H-pyrrole nitrogens is 1.